The highest BCUT2D eigenvalue weighted by Gasteiger charge is 2.35. The van der Waals surface area contributed by atoms with Crippen molar-refractivity contribution in [3.8, 4) is 0 Å². The molecule has 4 amide bonds. The van der Waals surface area contributed by atoms with Gasteiger partial charge in [0.05, 0.1) is 10.8 Å². The normalized spacial score (nSPS) is 16.4. The molecule has 1 aliphatic rings. The van der Waals surface area contributed by atoms with Gasteiger partial charge < -0.3 is 10.2 Å². The lowest BCUT2D eigenvalue weighted by atomic mass is 10.1. The predicted molar refractivity (Wildman–Crippen MR) is 105 cm³/mol. The lowest BCUT2D eigenvalue weighted by Crippen LogP contribution is -2.46. The van der Waals surface area contributed by atoms with E-state index in [9.17, 15) is 22.8 Å². The fourth-order valence-corrected chi connectivity index (χ4v) is 3.37. The number of hydrazine groups is 1. The third-order valence-electron chi connectivity index (χ3n) is 4.30. The first-order valence-corrected chi connectivity index (χ1v) is 10.1. The van der Waals surface area contributed by atoms with Crippen LogP contribution in [0.25, 0.3) is 0 Å². The molecule has 152 valence electrons. The molecule has 1 aliphatic heterocycles. The number of carbonyl (C=O) groups excluding carboxylic acids is 3. The zero-order valence-electron chi connectivity index (χ0n) is 15.2. The Kier molecular flexibility index (Phi) is 5.80. The zero-order chi connectivity index (χ0) is 21.0. The van der Waals surface area contributed by atoms with Crippen LogP contribution in [0.3, 0.4) is 0 Å². The molecule has 3 rings (SSSR count). The van der Waals surface area contributed by atoms with E-state index in [0.717, 1.165) is 0 Å². The van der Waals surface area contributed by atoms with Crippen molar-refractivity contribution in [3.05, 3.63) is 54.6 Å². The van der Waals surface area contributed by atoms with E-state index in [1.54, 1.807) is 30.3 Å². The van der Waals surface area contributed by atoms with Crippen molar-refractivity contribution < 1.29 is 22.8 Å². The summed E-state index contributed by atoms with van der Waals surface area (Å²) in [5.41, 5.74) is 5.54. The van der Waals surface area contributed by atoms with E-state index in [4.69, 9.17) is 5.14 Å². The SMILES string of the molecule is NS(=O)(=O)c1ccc(N2CC(C(=O)NNC(=O)Nc3ccccc3)CC2=O)cc1. The molecule has 11 heteroatoms. The van der Waals surface area contributed by atoms with E-state index in [1.165, 1.54) is 29.2 Å². The largest absolute Gasteiger partial charge is 0.337 e. The van der Waals surface area contributed by atoms with Crippen LogP contribution >= 0.6 is 0 Å². The van der Waals surface area contributed by atoms with Gasteiger partial charge in [-0.3, -0.25) is 15.0 Å². The van der Waals surface area contributed by atoms with E-state index < -0.39 is 27.9 Å². The number of sulfonamides is 1. The number of urea groups is 1. The van der Waals surface area contributed by atoms with Gasteiger partial charge in [0.25, 0.3) is 0 Å². The second-order valence-corrected chi connectivity index (χ2v) is 7.94. The third kappa shape index (κ3) is 5.09. The number of rotatable bonds is 4. The summed E-state index contributed by atoms with van der Waals surface area (Å²) < 4.78 is 22.6. The van der Waals surface area contributed by atoms with Crippen LogP contribution in [-0.4, -0.2) is 32.8 Å². The number of hydrogen-bond acceptors (Lipinski definition) is 5. The molecule has 1 saturated heterocycles. The standard InChI is InChI=1S/C18H19N5O5S/c19-29(27,28)15-8-6-14(7-9-15)23-11-12(10-16(23)24)17(25)21-22-18(26)20-13-4-2-1-3-5-13/h1-9,12H,10-11H2,(H,21,25)(H2,19,27,28)(H2,20,22,26). The van der Waals surface area contributed by atoms with E-state index in [2.05, 4.69) is 16.2 Å². The summed E-state index contributed by atoms with van der Waals surface area (Å²) in [6.07, 6.45) is -0.0369. The van der Waals surface area contributed by atoms with Crippen LogP contribution in [0.2, 0.25) is 0 Å². The molecule has 0 aliphatic carbocycles. The minimum atomic E-state index is -3.83. The van der Waals surface area contributed by atoms with Gasteiger partial charge in [-0.1, -0.05) is 18.2 Å². The van der Waals surface area contributed by atoms with Crippen LogP contribution in [0.5, 0.6) is 0 Å². The molecule has 0 bridgehead atoms. The second kappa shape index (κ2) is 8.29. The fourth-order valence-electron chi connectivity index (χ4n) is 2.85. The first kappa shape index (κ1) is 20.3. The average molecular weight is 417 g/mol. The van der Waals surface area contributed by atoms with Crippen LogP contribution < -0.4 is 26.2 Å². The van der Waals surface area contributed by atoms with Gasteiger partial charge in [-0.2, -0.15) is 0 Å². The molecule has 0 saturated carbocycles. The van der Waals surface area contributed by atoms with Crippen LogP contribution in [0.15, 0.2) is 59.5 Å². The molecule has 5 N–H and O–H groups in total. The van der Waals surface area contributed by atoms with Crippen molar-refractivity contribution in [2.75, 3.05) is 16.8 Å². The molecular formula is C18H19N5O5S. The Hall–Kier alpha value is -3.44. The van der Waals surface area contributed by atoms with Gasteiger partial charge in [-0.25, -0.2) is 23.8 Å². The number of nitrogens with zero attached hydrogens (tertiary/aromatic N) is 1. The highest BCUT2D eigenvalue weighted by Crippen LogP contribution is 2.26. The lowest BCUT2D eigenvalue weighted by Gasteiger charge is -2.17. The smallest absolute Gasteiger partial charge is 0.312 e. The Balaban J connectivity index is 1.55. The Bertz CT molecular complexity index is 1020. The first-order valence-electron chi connectivity index (χ1n) is 8.59. The van der Waals surface area contributed by atoms with E-state index in [-0.39, 0.29) is 23.8 Å². The first-order chi connectivity index (χ1) is 13.7. The summed E-state index contributed by atoms with van der Waals surface area (Å²) in [6.45, 7) is 0.0986. The molecule has 1 unspecified atom stereocenters. The molecule has 29 heavy (non-hydrogen) atoms. The zero-order valence-corrected chi connectivity index (χ0v) is 16.0. The van der Waals surface area contributed by atoms with Gasteiger partial charge in [0.2, 0.25) is 21.8 Å². The van der Waals surface area contributed by atoms with Crippen molar-refractivity contribution in [1.82, 2.24) is 10.9 Å². The number of nitrogens with one attached hydrogen (secondary N) is 3. The van der Waals surface area contributed by atoms with E-state index in [0.29, 0.717) is 11.4 Å². The molecule has 2 aromatic carbocycles. The van der Waals surface area contributed by atoms with Crippen molar-refractivity contribution >= 4 is 39.2 Å². The van der Waals surface area contributed by atoms with Crippen molar-refractivity contribution in [1.29, 1.82) is 0 Å². The van der Waals surface area contributed by atoms with Gasteiger partial charge in [-0.05, 0) is 36.4 Å². The molecule has 1 atom stereocenters. The maximum Gasteiger partial charge on any atom is 0.337 e. The Morgan fingerprint density at radius 3 is 2.28 bits per heavy atom. The third-order valence-corrected chi connectivity index (χ3v) is 5.23. The summed E-state index contributed by atoms with van der Waals surface area (Å²) in [6, 6.07) is 13.5. The second-order valence-electron chi connectivity index (χ2n) is 6.38. The maximum atomic E-state index is 12.3. The van der Waals surface area contributed by atoms with Gasteiger partial charge in [-0.15, -0.1) is 0 Å². The highest BCUT2D eigenvalue weighted by atomic mass is 32.2. The number of nitrogens with two attached hydrogens (primary N) is 1. The van der Waals surface area contributed by atoms with Crippen molar-refractivity contribution in [2.24, 2.45) is 11.1 Å². The number of benzene rings is 2. The molecular weight excluding hydrogens is 398 g/mol. The van der Waals surface area contributed by atoms with Crippen molar-refractivity contribution in [2.45, 2.75) is 11.3 Å². The summed E-state index contributed by atoms with van der Waals surface area (Å²) >= 11 is 0. The Morgan fingerprint density at radius 1 is 1.00 bits per heavy atom. The maximum absolute atomic E-state index is 12.3. The number of anilines is 2. The van der Waals surface area contributed by atoms with Crippen molar-refractivity contribution in [3.63, 3.8) is 0 Å². The monoisotopic (exact) mass is 417 g/mol. The molecule has 2 aromatic rings. The van der Waals surface area contributed by atoms with Crippen LogP contribution in [-0.2, 0) is 19.6 Å². The Morgan fingerprint density at radius 2 is 1.66 bits per heavy atom. The molecule has 0 spiro atoms. The van der Waals surface area contributed by atoms with Crippen LogP contribution in [0, 0.1) is 5.92 Å². The number of para-hydroxylation sites is 1. The minimum Gasteiger partial charge on any atom is -0.312 e. The number of amides is 4. The number of primary sulfonamides is 1. The van der Waals surface area contributed by atoms with Crippen LogP contribution in [0.4, 0.5) is 16.2 Å². The topological polar surface area (TPSA) is 151 Å². The predicted octanol–water partition coefficient (Wildman–Crippen LogP) is 0.540. The Labute approximate surface area is 167 Å². The minimum absolute atomic E-state index is 0.0369. The van der Waals surface area contributed by atoms with Gasteiger partial charge in [0, 0.05) is 24.3 Å². The fraction of sp³-hybridized carbons (Fsp3) is 0.167. The molecule has 0 aromatic heterocycles. The van der Waals surface area contributed by atoms with Crippen LogP contribution in [0.1, 0.15) is 6.42 Å². The highest BCUT2D eigenvalue weighted by molar-refractivity contribution is 7.89. The summed E-state index contributed by atoms with van der Waals surface area (Å²) in [7, 11) is -3.83. The summed E-state index contributed by atoms with van der Waals surface area (Å²) in [4.78, 5) is 37.7. The van der Waals surface area contributed by atoms with E-state index in [1.807, 2.05) is 0 Å². The molecule has 0 radical (unpaired) electrons. The van der Waals surface area contributed by atoms with Gasteiger partial charge in [0.15, 0.2) is 0 Å². The van der Waals surface area contributed by atoms with Gasteiger partial charge in [0.1, 0.15) is 0 Å². The van der Waals surface area contributed by atoms with Gasteiger partial charge >= 0.3 is 6.03 Å². The van der Waals surface area contributed by atoms with E-state index >= 15 is 0 Å². The number of hydrogen-bond donors (Lipinski definition) is 4. The quantitative estimate of drug-likeness (QED) is 0.535. The summed E-state index contributed by atoms with van der Waals surface area (Å²) in [5, 5.41) is 7.60. The molecule has 1 fully saturated rings. The average Bonchev–Trinajstić information content (AvgIpc) is 3.08. The summed E-state index contributed by atoms with van der Waals surface area (Å²) in [5.74, 6) is -1.47. The molecule has 10 nitrogen and oxygen atoms in total. The number of carbonyl (C=O) groups is 3. The lowest BCUT2D eigenvalue weighted by molar-refractivity contribution is -0.126. The molecule has 1 heterocycles.